The Morgan fingerprint density at radius 2 is 1.57 bits per heavy atom. The molecule has 1 heterocycles. The van der Waals surface area contributed by atoms with Crippen molar-refractivity contribution in [3.63, 3.8) is 0 Å². The van der Waals surface area contributed by atoms with Gasteiger partial charge in [0, 0.05) is 29.1 Å². The summed E-state index contributed by atoms with van der Waals surface area (Å²) >= 11 is 0. The molecule has 0 radical (unpaired) electrons. The van der Waals surface area contributed by atoms with E-state index in [0.29, 0.717) is 0 Å². The van der Waals surface area contributed by atoms with E-state index in [2.05, 4.69) is 0 Å². The summed E-state index contributed by atoms with van der Waals surface area (Å²) in [6, 6.07) is 5.68. The second-order valence-corrected chi connectivity index (χ2v) is 13.7. The lowest BCUT2D eigenvalue weighted by Crippen LogP contribution is -2.34. The lowest BCUT2D eigenvalue weighted by Gasteiger charge is -2.25. The molecule has 2 aromatic carbocycles. The molecule has 0 N–H and O–H groups in total. The monoisotopic (exact) mass is 638 g/mol. The minimum Gasteiger partial charge on any atom is -0.465 e. The lowest BCUT2D eigenvalue weighted by molar-refractivity contribution is 0.0283. The number of methoxy groups -OCH3 is 1. The van der Waals surface area contributed by atoms with E-state index in [1.165, 1.54) is 24.1 Å². The van der Waals surface area contributed by atoms with Crippen molar-refractivity contribution in [2.45, 2.75) is 65.9 Å². The highest BCUT2D eigenvalue weighted by molar-refractivity contribution is 7.85. The van der Waals surface area contributed by atoms with Gasteiger partial charge >= 0.3 is 18.2 Å². The van der Waals surface area contributed by atoms with Crippen molar-refractivity contribution < 1.29 is 50.0 Å². The van der Waals surface area contributed by atoms with Crippen LogP contribution in [-0.2, 0) is 41.7 Å². The Balaban J connectivity index is 2.33. The van der Waals surface area contributed by atoms with E-state index in [0.717, 1.165) is 36.1 Å². The average molecular weight is 639 g/mol. The Bertz CT molecular complexity index is 1720. The quantitative estimate of drug-likeness (QED) is 0.174. The lowest BCUT2D eigenvalue weighted by atomic mass is 10.0. The number of rotatable bonds is 7. The van der Waals surface area contributed by atoms with Gasteiger partial charge in [0.05, 0.1) is 43.3 Å². The van der Waals surface area contributed by atoms with Crippen molar-refractivity contribution in [1.29, 1.82) is 0 Å². The predicted octanol–water partition coefficient (Wildman–Crippen LogP) is 6.00. The number of amides is 1. The molecule has 0 aliphatic carbocycles. The molecule has 44 heavy (non-hydrogen) atoms. The molecule has 0 saturated carbocycles. The summed E-state index contributed by atoms with van der Waals surface area (Å²) in [6.45, 7) is 9.00. The summed E-state index contributed by atoms with van der Waals surface area (Å²) in [5.41, 5.74) is -2.32. The maximum atomic E-state index is 15.6. The number of esters is 1. The first kappa shape index (κ1) is 34.5. The van der Waals surface area contributed by atoms with Gasteiger partial charge in [0.25, 0.3) is 10.1 Å². The van der Waals surface area contributed by atoms with Crippen molar-refractivity contribution >= 4 is 39.2 Å². The first-order chi connectivity index (χ1) is 20.1. The summed E-state index contributed by atoms with van der Waals surface area (Å²) in [5.74, 6) is -2.67. The van der Waals surface area contributed by atoms with Gasteiger partial charge in [-0.15, -0.1) is 0 Å². The Morgan fingerprint density at radius 3 is 2.09 bits per heavy atom. The minimum atomic E-state index is -4.07. The second kappa shape index (κ2) is 12.5. The Kier molecular flexibility index (Phi) is 9.80. The van der Waals surface area contributed by atoms with Crippen molar-refractivity contribution in [1.82, 2.24) is 9.47 Å². The van der Waals surface area contributed by atoms with Gasteiger partial charge in [-0.05, 0) is 59.7 Å². The molecule has 1 amide bonds. The highest BCUT2D eigenvalue weighted by Crippen LogP contribution is 2.39. The fourth-order valence-corrected chi connectivity index (χ4v) is 4.65. The maximum Gasteiger partial charge on any atom is 0.419 e. The van der Waals surface area contributed by atoms with E-state index in [9.17, 15) is 27.2 Å². The van der Waals surface area contributed by atoms with E-state index in [1.54, 1.807) is 41.5 Å². The number of ether oxygens (including phenoxy) is 3. The molecule has 240 valence electrons. The smallest absolute Gasteiger partial charge is 0.419 e. The summed E-state index contributed by atoms with van der Waals surface area (Å²) in [4.78, 5) is 40.0. The minimum absolute atomic E-state index is 0.0385. The van der Waals surface area contributed by atoms with Crippen LogP contribution in [0, 0.1) is 11.6 Å². The SMILES string of the molecule is COC(=O)c1cc(F)cc2c1c(COS(C)(=O)=O)c(-c1ccc(CN(C)C(=O)OC(C)(C)C)c(F)c1)n2C(=O)OC(C)(C)C. The summed E-state index contributed by atoms with van der Waals surface area (Å²) < 4.78 is 76.2. The molecule has 0 fully saturated rings. The number of carbonyl (C=O) groups excluding carboxylic acids is 3. The van der Waals surface area contributed by atoms with Gasteiger partial charge in [0.2, 0.25) is 0 Å². The third-order valence-electron chi connectivity index (χ3n) is 5.97. The third kappa shape index (κ3) is 8.32. The van der Waals surface area contributed by atoms with Crippen LogP contribution in [-0.4, -0.2) is 67.7 Å². The molecule has 3 aromatic rings. The molecule has 0 aliphatic heterocycles. The van der Waals surface area contributed by atoms with E-state index in [4.69, 9.17) is 18.4 Å². The van der Waals surface area contributed by atoms with Crippen LogP contribution in [0.4, 0.5) is 18.4 Å². The molecule has 14 heteroatoms. The zero-order valence-electron chi connectivity index (χ0n) is 26.0. The molecular formula is C30H36F2N2O9S. The van der Waals surface area contributed by atoms with Crippen molar-refractivity contribution in [3.05, 3.63) is 58.7 Å². The molecule has 1 aromatic heterocycles. The second-order valence-electron chi connectivity index (χ2n) is 12.1. The molecule has 0 atom stereocenters. The normalized spacial score (nSPS) is 12.2. The molecule has 11 nitrogen and oxygen atoms in total. The van der Waals surface area contributed by atoms with Crippen LogP contribution in [0.1, 0.15) is 63.0 Å². The van der Waals surface area contributed by atoms with E-state index >= 15 is 4.39 Å². The molecule has 0 bridgehead atoms. The van der Waals surface area contributed by atoms with Crippen molar-refractivity contribution in [3.8, 4) is 11.3 Å². The van der Waals surface area contributed by atoms with Gasteiger partial charge in [-0.1, -0.05) is 12.1 Å². The van der Waals surface area contributed by atoms with Crippen LogP contribution in [0.2, 0.25) is 0 Å². The number of halogens is 2. The number of fused-ring (bicyclic) bond motifs is 1. The zero-order valence-corrected chi connectivity index (χ0v) is 26.9. The van der Waals surface area contributed by atoms with Crippen LogP contribution in [0.3, 0.4) is 0 Å². The van der Waals surface area contributed by atoms with Gasteiger partial charge in [0.15, 0.2) is 0 Å². The van der Waals surface area contributed by atoms with Crippen molar-refractivity contribution in [2.24, 2.45) is 0 Å². The summed E-state index contributed by atoms with van der Waals surface area (Å²) in [7, 11) is -1.56. The van der Waals surface area contributed by atoms with Gasteiger partial charge in [0.1, 0.15) is 22.8 Å². The number of hydrogen-bond acceptors (Lipinski definition) is 9. The van der Waals surface area contributed by atoms with Crippen LogP contribution in [0.15, 0.2) is 30.3 Å². The molecule has 3 rings (SSSR count). The molecular weight excluding hydrogens is 602 g/mol. The van der Waals surface area contributed by atoms with Crippen molar-refractivity contribution in [2.75, 3.05) is 20.4 Å². The van der Waals surface area contributed by atoms with Crippen LogP contribution in [0.25, 0.3) is 22.2 Å². The average Bonchev–Trinajstić information content (AvgIpc) is 3.19. The largest absolute Gasteiger partial charge is 0.465 e. The zero-order chi connectivity index (χ0) is 33.4. The number of benzene rings is 2. The third-order valence-corrected chi connectivity index (χ3v) is 6.52. The highest BCUT2D eigenvalue weighted by atomic mass is 32.2. The predicted molar refractivity (Wildman–Crippen MR) is 158 cm³/mol. The molecule has 0 spiro atoms. The summed E-state index contributed by atoms with van der Waals surface area (Å²) in [6.07, 6.45) is -0.891. The Morgan fingerprint density at radius 1 is 0.955 bits per heavy atom. The van der Waals surface area contributed by atoms with E-state index in [1.807, 2.05) is 0 Å². The van der Waals surface area contributed by atoms with Crippen LogP contribution in [0.5, 0.6) is 0 Å². The highest BCUT2D eigenvalue weighted by Gasteiger charge is 2.31. The first-order valence-electron chi connectivity index (χ1n) is 13.4. The van der Waals surface area contributed by atoms with E-state index < -0.39 is 57.7 Å². The number of carbonyl (C=O) groups is 3. The topological polar surface area (TPSA) is 130 Å². The first-order valence-corrected chi connectivity index (χ1v) is 15.2. The van der Waals surface area contributed by atoms with Crippen LogP contribution < -0.4 is 0 Å². The maximum absolute atomic E-state index is 15.6. The van der Waals surface area contributed by atoms with Gasteiger partial charge in [-0.3, -0.25) is 4.18 Å². The Labute approximate surface area is 254 Å². The standard InChI is InChI=1S/C30H36F2N2O9S/c1-29(2,3)42-27(36)33(7)15-18-11-10-17(12-22(18)32)25-21(16-41-44(9,38)39)24-20(26(35)40-8)13-19(31)14-23(24)34(25)28(37)43-30(4,5)6/h10-14H,15-16H2,1-9H3. The fourth-order valence-electron chi connectivity index (χ4n) is 4.32. The Hall–Kier alpha value is -4.04. The fraction of sp³-hybridized carbons (Fsp3) is 0.433. The van der Waals surface area contributed by atoms with Gasteiger partial charge in [-0.2, -0.15) is 8.42 Å². The van der Waals surface area contributed by atoms with E-state index in [-0.39, 0.29) is 45.4 Å². The molecule has 0 aliphatic rings. The van der Waals surface area contributed by atoms with Gasteiger partial charge in [-0.25, -0.2) is 27.7 Å². The van der Waals surface area contributed by atoms with Crippen LogP contribution >= 0.6 is 0 Å². The molecule has 0 unspecified atom stereocenters. The summed E-state index contributed by atoms with van der Waals surface area (Å²) in [5, 5.41) is -0.0584. The number of nitrogens with zero attached hydrogens (tertiary/aromatic N) is 2. The van der Waals surface area contributed by atoms with Gasteiger partial charge < -0.3 is 19.1 Å². The number of aromatic nitrogens is 1. The number of hydrogen-bond donors (Lipinski definition) is 0. The molecule has 0 saturated heterocycles.